The van der Waals surface area contributed by atoms with E-state index in [2.05, 4.69) is 24.8 Å². The molecule has 1 unspecified atom stereocenters. The van der Waals surface area contributed by atoms with Gasteiger partial charge in [-0.3, -0.25) is 4.79 Å². The average molecular weight is 372 g/mol. The molecule has 0 saturated carbocycles. The van der Waals surface area contributed by atoms with Gasteiger partial charge < -0.3 is 9.16 Å². The smallest absolute Gasteiger partial charge is 0.305 e. The molecule has 0 spiro atoms. The van der Waals surface area contributed by atoms with Gasteiger partial charge in [0.25, 0.3) is 0 Å². The second-order valence-electron chi connectivity index (χ2n) is 7.44. The lowest BCUT2D eigenvalue weighted by Gasteiger charge is -2.20. The maximum Gasteiger partial charge on any atom is 0.305 e. The summed E-state index contributed by atoms with van der Waals surface area (Å²) in [6.45, 7) is 6.78. The van der Waals surface area contributed by atoms with E-state index in [1.54, 1.807) is 0 Å². The quantitative estimate of drug-likeness (QED) is 0.153. The molecule has 1 radical (unpaired) electrons. The van der Waals surface area contributed by atoms with Gasteiger partial charge in [0.05, 0.1) is 7.11 Å². The van der Waals surface area contributed by atoms with Crippen molar-refractivity contribution < 1.29 is 14.0 Å². The topological polar surface area (TPSA) is 35.5 Å². The predicted octanol–water partition coefficient (Wildman–Crippen LogP) is 6.67. The van der Waals surface area contributed by atoms with E-state index >= 15 is 0 Å². The molecule has 25 heavy (non-hydrogen) atoms. The van der Waals surface area contributed by atoms with Gasteiger partial charge in [0.2, 0.25) is 9.04 Å². The summed E-state index contributed by atoms with van der Waals surface area (Å²) in [6, 6.07) is 0. The van der Waals surface area contributed by atoms with Crippen LogP contribution in [0.1, 0.15) is 103 Å². The van der Waals surface area contributed by atoms with Crippen molar-refractivity contribution in [3.05, 3.63) is 0 Å². The predicted molar refractivity (Wildman–Crippen MR) is 109 cm³/mol. The largest absolute Gasteiger partial charge is 0.469 e. The highest BCUT2D eigenvalue weighted by Crippen LogP contribution is 2.17. The first-order chi connectivity index (χ1) is 12.1. The Morgan fingerprint density at radius 3 is 1.76 bits per heavy atom. The third-order valence-electron chi connectivity index (χ3n) is 4.67. The zero-order valence-electron chi connectivity index (χ0n) is 17.4. The summed E-state index contributed by atoms with van der Waals surface area (Å²) in [5, 5.41) is 0. The fraction of sp³-hybridized carbons (Fsp3) is 0.952. The molecule has 0 aliphatic heterocycles. The molecule has 0 saturated heterocycles. The fourth-order valence-corrected chi connectivity index (χ4v) is 4.10. The van der Waals surface area contributed by atoms with Gasteiger partial charge in [0.1, 0.15) is 0 Å². The van der Waals surface area contributed by atoms with Gasteiger partial charge in [-0.2, -0.15) is 0 Å². The summed E-state index contributed by atoms with van der Waals surface area (Å²) >= 11 is 0. The Hall–Kier alpha value is -0.353. The molecule has 0 fully saturated rings. The summed E-state index contributed by atoms with van der Waals surface area (Å²) in [5.41, 5.74) is 0. The van der Waals surface area contributed by atoms with E-state index in [9.17, 15) is 4.79 Å². The Morgan fingerprint density at radius 1 is 0.800 bits per heavy atom. The Morgan fingerprint density at radius 2 is 1.28 bits per heavy atom. The van der Waals surface area contributed by atoms with Gasteiger partial charge in [-0.25, -0.2) is 0 Å². The van der Waals surface area contributed by atoms with Crippen LogP contribution in [0, 0.1) is 0 Å². The highest BCUT2D eigenvalue weighted by Gasteiger charge is 2.11. The molecule has 0 amide bonds. The first-order valence-electron chi connectivity index (χ1n) is 10.6. The SMILES string of the molecule is CCCCCCC(CCCCCCCCCCC(=O)OC)O[Si](C)C. The fourth-order valence-electron chi connectivity index (χ4n) is 3.20. The van der Waals surface area contributed by atoms with E-state index in [0.717, 1.165) is 12.8 Å². The van der Waals surface area contributed by atoms with E-state index in [4.69, 9.17) is 4.43 Å². The molecule has 0 heterocycles. The summed E-state index contributed by atoms with van der Waals surface area (Å²) < 4.78 is 10.8. The van der Waals surface area contributed by atoms with Gasteiger partial charge in [-0.1, -0.05) is 77.6 Å². The average Bonchev–Trinajstić information content (AvgIpc) is 2.59. The lowest BCUT2D eigenvalue weighted by molar-refractivity contribution is -0.140. The Kier molecular flexibility index (Phi) is 18.2. The van der Waals surface area contributed by atoms with Crippen LogP contribution in [0.15, 0.2) is 0 Å². The summed E-state index contributed by atoms with van der Waals surface area (Å²) in [4.78, 5) is 11.0. The number of ether oxygens (including phenoxy) is 1. The van der Waals surface area contributed by atoms with Gasteiger partial charge in [-0.05, 0) is 32.4 Å². The number of hydrogen-bond donors (Lipinski definition) is 0. The van der Waals surface area contributed by atoms with Crippen molar-refractivity contribution in [2.45, 2.75) is 122 Å². The molecule has 1 atom stereocenters. The van der Waals surface area contributed by atoms with Crippen molar-refractivity contribution in [3.8, 4) is 0 Å². The van der Waals surface area contributed by atoms with Crippen LogP contribution in [-0.4, -0.2) is 28.2 Å². The zero-order chi connectivity index (χ0) is 18.8. The van der Waals surface area contributed by atoms with Crippen LogP contribution in [0.25, 0.3) is 0 Å². The minimum atomic E-state index is -0.575. The Bertz CT molecular complexity index is 295. The highest BCUT2D eigenvalue weighted by molar-refractivity contribution is 6.48. The first-order valence-corrected chi connectivity index (χ1v) is 13.0. The zero-order valence-corrected chi connectivity index (χ0v) is 18.4. The third kappa shape index (κ3) is 18.2. The molecular weight excluding hydrogens is 328 g/mol. The minimum absolute atomic E-state index is 0.0740. The number of carbonyl (C=O) groups is 1. The molecule has 0 aromatic heterocycles. The van der Waals surface area contributed by atoms with Crippen LogP contribution < -0.4 is 0 Å². The van der Waals surface area contributed by atoms with Crippen LogP contribution in [-0.2, 0) is 14.0 Å². The Labute approximate surface area is 159 Å². The number of carbonyl (C=O) groups excluding carboxylic acids is 1. The van der Waals surface area contributed by atoms with Crippen molar-refractivity contribution in [2.24, 2.45) is 0 Å². The Balaban J connectivity index is 3.52. The second kappa shape index (κ2) is 18.4. The van der Waals surface area contributed by atoms with Gasteiger partial charge >= 0.3 is 5.97 Å². The third-order valence-corrected chi connectivity index (χ3v) is 5.47. The maximum absolute atomic E-state index is 11.0. The normalized spacial score (nSPS) is 12.5. The summed E-state index contributed by atoms with van der Waals surface area (Å²) in [6.07, 6.45) is 19.0. The molecule has 0 rings (SSSR count). The van der Waals surface area contributed by atoms with Crippen molar-refractivity contribution in [3.63, 3.8) is 0 Å². The van der Waals surface area contributed by atoms with E-state index < -0.39 is 9.04 Å². The number of rotatable bonds is 18. The van der Waals surface area contributed by atoms with Crippen molar-refractivity contribution in [1.82, 2.24) is 0 Å². The summed E-state index contributed by atoms with van der Waals surface area (Å²) in [7, 11) is 0.889. The molecule has 0 aliphatic carbocycles. The molecule has 0 aromatic rings. The number of esters is 1. The summed E-state index contributed by atoms with van der Waals surface area (Å²) in [5.74, 6) is -0.0740. The molecule has 149 valence electrons. The number of methoxy groups -OCH3 is 1. The molecule has 4 heteroatoms. The van der Waals surface area contributed by atoms with Crippen LogP contribution in [0.4, 0.5) is 0 Å². The monoisotopic (exact) mass is 371 g/mol. The first kappa shape index (κ1) is 24.6. The minimum Gasteiger partial charge on any atom is -0.469 e. The highest BCUT2D eigenvalue weighted by atomic mass is 28.3. The number of hydrogen-bond acceptors (Lipinski definition) is 3. The molecule has 0 aromatic carbocycles. The van der Waals surface area contributed by atoms with Gasteiger partial charge in [0.15, 0.2) is 0 Å². The molecule has 0 bridgehead atoms. The second-order valence-corrected chi connectivity index (χ2v) is 9.49. The van der Waals surface area contributed by atoms with Crippen LogP contribution in [0.5, 0.6) is 0 Å². The van der Waals surface area contributed by atoms with Crippen LogP contribution in [0.3, 0.4) is 0 Å². The van der Waals surface area contributed by atoms with E-state index in [1.807, 2.05) is 0 Å². The van der Waals surface area contributed by atoms with Crippen LogP contribution in [0.2, 0.25) is 13.1 Å². The van der Waals surface area contributed by atoms with Crippen LogP contribution >= 0.6 is 0 Å². The molecule has 0 N–H and O–H groups in total. The standard InChI is InChI=1S/C21H43O3Si/c1-5-6-7-14-17-20(24-25(3)4)18-15-12-10-8-9-11-13-16-19-21(22)23-2/h20H,5-19H2,1-4H3. The van der Waals surface area contributed by atoms with E-state index in [1.165, 1.54) is 84.2 Å². The van der Waals surface area contributed by atoms with Crippen molar-refractivity contribution in [1.29, 1.82) is 0 Å². The lowest BCUT2D eigenvalue weighted by Crippen LogP contribution is -2.20. The van der Waals surface area contributed by atoms with Crippen molar-refractivity contribution in [2.75, 3.05) is 7.11 Å². The maximum atomic E-state index is 11.0. The lowest BCUT2D eigenvalue weighted by atomic mass is 10.0. The molecular formula is C21H43O3Si. The van der Waals surface area contributed by atoms with Crippen molar-refractivity contribution >= 4 is 15.0 Å². The van der Waals surface area contributed by atoms with E-state index in [-0.39, 0.29) is 5.97 Å². The molecule has 3 nitrogen and oxygen atoms in total. The molecule has 0 aliphatic rings. The van der Waals surface area contributed by atoms with E-state index in [0.29, 0.717) is 12.5 Å². The number of unbranched alkanes of at least 4 members (excludes halogenated alkanes) is 10. The van der Waals surface area contributed by atoms with Gasteiger partial charge in [0, 0.05) is 12.5 Å². The van der Waals surface area contributed by atoms with Gasteiger partial charge in [-0.15, -0.1) is 0 Å².